The highest BCUT2D eigenvalue weighted by atomic mass is 79.9. The van der Waals surface area contributed by atoms with Crippen molar-refractivity contribution in [1.82, 2.24) is 4.31 Å². The summed E-state index contributed by atoms with van der Waals surface area (Å²) in [7, 11) is -2.55. The minimum absolute atomic E-state index is 0.106. The molecule has 5 nitrogen and oxygen atoms in total. The van der Waals surface area contributed by atoms with Crippen molar-refractivity contribution in [1.29, 1.82) is 0 Å². The van der Waals surface area contributed by atoms with Gasteiger partial charge in [-0.2, -0.15) is 4.31 Å². The number of rotatable bonds is 4. The fourth-order valence-electron chi connectivity index (χ4n) is 1.02. The van der Waals surface area contributed by atoms with Crippen molar-refractivity contribution in [2.24, 2.45) is 0 Å². The van der Waals surface area contributed by atoms with Crippen molar-refractivity contribution in [3.63, 3.8) is 0 Å². The van der Waals surface area contributed by atoms with Crippen molar-refractivity contribution < 1.29 is 18.3 Å². The van der Waals surface area contributed by atoms with Crippen LogP contribution < -0.4 is 0 Å². The molecule has 0 aliphatic heterocycles. The van der Waals surface area contributed by atoms with Crippen LogP contribution in [-0.4, -0.2) is 36.4 Å². The van der Waals surface area contributed by atoms with Gasteiger partial charge in [-0.3, -0.25) is 4.79 Å². The Morgan fingerprint density at radius 1 is 1.53 bits per heavy atom. The summed E-state index contributed by atoms with van der Waals surface area (Å²) in [6.45, 7) is 2.68. The lowest BCUT2D eigenvalue weighted by Gasteiger charge is -2.30. The maximum atomic E-state index is 12.2. The van der Waals surface area contributed by atoms with E-state index >= 15 is 0 Å². The molecular formula is C9H12BrNO4S2. The zero-order valence-corrected chi connectivity index (χ0v) is 12.7. The van der Waals surface area contributed by atoms with Crippen LogP contribution in [0.4, 0.5) is 0 Å². The zero-order valence-electron chi connectivity index (χ0n) is 9.47. The van der Waals surface area contributed by atoms with Gasteiger partial charge in [0.05, 0.1) is 0 Å². The first-order chi connectivity index (χ1) is 7.61. The third-order valence-corrected chi connectivity index (χ3v) is 7.17. The van der Waals surface area contributed by atoms with E-state index < -0.39 is 21.5 Å². The molecule has 0 atom stereocenters. The summed E-state index contributed by atoms with van der Waals surface area (Å²) in [5, 5.41) is 10.7. The lowest BCUT2D eigenvalue weighted by atomic mass is 10.1. The molecule has 0 fully saturated rings. The quantitative estimate of drug-likeness (QED) is 0.908. The number of sulfonamides is 1. The van der Waals surface area contributed by atoms with E-state index in [2.05, 4.69) is 15.9 Å². The Balaban J connectivity index is 3.26. The molecule has 0 amide bonds. The average Bonchev–Trinajstić information content (AvgIpc) is 2.63. The van der Waals surface area contributed by atoms with Crippen LogP contribution in [0.15, 0.2) is 20.1 Å². The fourth-order valence-corrected chi connectivity index (χ4v) is 4.96. The lowest BCUT2D eigenvalue weighted by molar-refractivity contribution is -0.145. The van der Waals surface area contributed by atoms with E-state index in [1.54, 1.807) is 11.4 Å². The van der Waals surface area contributed by atoms with Crippen molar-refractivity contribution in [3.05, 3.63) is 15.9 Å². The Morgan fingerprint density at radius 3 is 2.41 bits per heavy atom. The molecule has 1 heterocycles. The number of aliphatic carboxylic acids is 1. The van der Waals surface area contributed by atoms with E-state index in [9.17, 15) is 13.2 Å². The normalized spacial score (nSPS) is 13.0. The maximum Gasteiger partial charge on any atom is 0.324 e. The summed E-state index contributed by atoms with van der Waals surface area (Å²) in [5.41, 5.74) is -1.50. The van der Waals surface area contributed by atoms with Crippen LogP contribution in [0.3, 0.4) is 0 Å². The van der Waals surface area contributed by atoms with Gasteiger partial charge in [-0.25, -0.2) is 8.42 Å². The molecular weight excluding hydrogens is 330 g/mol. The molecule has 1 N–H and O–H groups in total. The molecule has 0 spiro atoms. The van der Waals surface area contributed by atoms with Crippen molar-refractivity contribution in [2.45, 2.75) is 23.6 Å². The number of likely N-dealkylation sites (N-methyl/N-ethyl adjacent to an activating group) is 1. The fraction of sp³-hybridized carbons (Fsp3) is 0.444. The van der Waals surface area contributed by atoms with Gasteiger partial charge in [0.2, 0.25) is 0 Å². The highest BCUT2D eigenvalue weighted by molar-refractivity contribution is 9.10. The van der Waals surface area contributed by atoms with E-state index in [4.69, 9.17) is 5.11 Å². The average molecular weight is 342 g/mol. The minimum atomic E-state index is -3.80. The van der Waals surface area contributed by atoms with Crippen LogP contribution in [0.2, 0.25) is 0 Å². The molecule has 0 aliphatic rings. The Bertz CT molecular complexity index is 535. The van der Waals surface area contributed by atoms with E-state index in [0.29, 0.717) is 4.47 Å². The second-order valence-electron chi connectivity index (χ2n) is 3.89. The first kappa shape index (κ1) is 14.6. The number of carbonyl (C=O) groups is 1. The molecule has 0 saturated heterocycles. The van der Waals surface area contributed by atoms with Gasteiger partial charge >= 0.3 is 5.97 Å². The van der Waals surface area contributed by atoms with Gasteiger partial charge in [-0.05, 0) is 41.2 Å². The third kappa shape index (κ3) is 2.54. The molecule has 1 aromatic heterocycles. The Labute approximate surface area is 112 Å². The lowest BCUT2D eigenvalue weighted by Crippen LogP contribution is -2.50. The van der Waals surface area contributed by atoms with Gasteiger partial charge in [-0.1, -0.05) is 0 Å². The predicted octanol–water partition coefficient (Wildman–Crippen LogP) is 1.99. The van der Waals surface area contributed by atoms with E-state index in [1.807, 2.05) is 0 Å². The summed E-state index contributed by atoms with van der Waals surface area (Å²) < 4.78 is 25.8. The highest BCUT2D eigenvalue weighted by Gasteiger charge is 2.41. The molecule has 17 heavy (non-hydrogen) atoms. The molecule has 0 radical (unpaired) electrons. The summed E-state index contributed by atoms with van der Waals surface area (Å²) in [4.78, 5) is 11.0. The number of thiophene rings is 1. The van der Waals surface area contributed by atoms with Gasteiger partial charge in [0.15, 0.2) is 0 Å². The second-order valence-corrected chi connectivity index (χ2v) is 7.83. The van der Waals surface area contributed by atoms with Crippen LogP contribution in [0.1, 0.15) is 13.8 Å². The molecule has 96 valence electrons. The van der Waals surface area contributed by atoms with Crippen LogP contribution in [-0.2, 0) is 14.8 Å². The van der Waals surface area contributed by atoms with Crippen molar-refractivity contribution >= 4 is 43.3 Å². The standard InChI is InChI=1S/C9H12BrNO4S2/c1-9(2,8(12)13)11(3)17(14,15)7-6(10)4-5-16-7/h4-5H,1-3H3,(H,12,13). The number of hydrogen-bond acceptors (Lipinski definition) is 4. The second kappa shape index (κ2) is 4.68. The van der Waals surface area contributed by atoms with Crippen molar-refractivity contribution in [3.8, 4) is 0 Å². The molecule has 8 heteroatoms. The highest BCUT2D eigenvalue weighted by Crippen LogP contribution is 2.32. The van der Waals surface area contributed by atoms with E-state index in [0.717, 1.165) is 15.6 Å². The first-order valence-electron chi connectivity index (χ1n) is 4.57. The maximum absolute atomic E-state index is 12.2. The SMILES string of the molecule is CN(C(C)(C)C(=O)O)S(=O)(=O)c1sccc1Br. The summed E-state index contributed by atoms with van der Waals surface area (Å²) in [6, 6.07) is 1.61. The number of hydrogen-bond donors (Lipinski definition) is 1. The van der Waals surface area contributed by atoms with Crippen LogP contribution >= 0.6 is 27.3 Å². The number of nitrogens with zero attached hydrogens (tertiary/aromatic N) is 1. The summed E-state index contributed by atoms with van der Waals surface area (Å²) >= 11 is 4.17. The molecule has 0 aliphatic carbocycles. The molecule has 0 saturated carbocycles. The molecule has 0 unspecified atom stereocenters. The molecule has 0 bridgehead atoms. The van der Waals surface area contributed by atoms with Crippen LogP contribution in [0.25, 0.3) is 0 Å². The molecule has 1 aromatic rings. The van der Waals surface area contributed by atoms with Gasteiger partial charge < -0.3 is 5.11 Å². The van der Waals surface area contributed by atoms with Crippen LogP contribution in [0, 0.1) is 0 Å². The monoisotopic (exact) mass is 341 g/mol. The Hall–Kier alpha value is -0.440. The van der Waals surface area contributed by atoms with Gasteiger partial charge in [0, 0.05) is 11.5 Å². The largest absolute Gasteiger partial charge is 0.480 e. The minimum Gasteiger partial charge on any atom is -0.480 e. The topological polar surface area (TPSA) is 74.7 Å². The molecule has 1 rings (SSSR count). The van der Waals surface area contributed by atoms with Gasteiger partial charge in [0.25, 0.3) is 10.0 Å². The summed E-state index contributed by atoms with van der Waals surface area (Å²) in [5.74, 6) is -1.20. The Kier molecular flexibility index (Phi) is 4.02. The van der Waals surface area contributed by atoms with Gasteiger partial charge in [0.1, 0.15) is 9.75 Å². The zero-order chi connectivity index (χ0) is 13.4. The van der Waals surface area contributed by atoms with E-state index in [1.165, 1.54) is 20.9 Å². The summed E-state index contributed by atoms with van der Waals surface area (Å²) in [6.07, 6.45) is 0. The molecule has 0 aromatic carbocycles. The van der Waals surface area contributed by atoms with Crippen molar-refractivity contribution in [2.75, 3.05) is 7.05 Å². The predicted molar refractivity (Wildman–Crippen MR) is 68.7 cm³/mol. The van der Waals surface area contributed by atoms with Gasteiger partial charge in [-0.15, -0.1) is 11.3 Å². The number of carboxylic acids is 1. The number of halogens is 1. The smallest absolute Gasteiger partial charge is 0.324 e. The van der Waals surface area contributed by atoms with Crippen LogP contribution in [0.5, 0.6) is 0 Å². The Morgan fingerprint density at radius 2 is 2.06 bits per heavy atom. The first-order valence-corrected chi connectivity index (χ1v) is 7.68. The number of carboxylic acid groups (broad SMARTS) is 1. The third-order valence-electron chi connectivity index (χ3n) is 2.49. The van der Waals surface area contributed by atoms with E-state index in [-0.39, 0.29) is 4.21 Å².